The quantitative estimate of drug-likeness (QED) is 0.732. The molecule has 1 atom stereocenters. The summed E-state index contributed by atoms with van der Waals surface area (Å²) in [5, 5.41) is 14.8. The van der Waals surface area contributed by atoms with Gasteiger partial charge in [0, 0.05) is 29.1 Å². The van der Waals surface area contributed by atoms with Crippen LogP contribution in [-0.2, 0) is 0 Å². The summed E-state index contributed by atoms with van der Waals surface area (Å²) < 4.78 is 0. The fraction of sp³-hybridized carbons (Fsp3) is 0.500. The molecule has 0 unspecified atom stereocenters. The van der Waals surface area contributed by atoms with Gasteiger partial charge in [-0.2, -0.15) is 5.26 Å². The van der Waals surface area contributed by atoms with Gasteiger partial charge in [0.05, 0.1) is 0 Å². The SMILES string of the molecule is N#Cc1cc2cnc(N[Si]3CC[C@H](N)C3)cc2c(NC2CCCC2)n1. The molecule has 1 saturated carbocycles. The summed E-state index contributed by atoms with van der Waals surface area (Å²) in [6, 6.07) is 9.10. The lowest BCUT2D eigenvalue weighted by molar-refractivity contribution is 0.749. The standard InChI is InChI=1S/C18H23N6Si/c19-9-15-7-12-10-21-17(24-25-6-5-13(20)11-25)8-16(12)18(23-15)22-14-3-1-2-4-14/h7-8,10,13-14H,1-6,11,20H2,(H,21,24)(H,22,23)/t13-/m0/s1. The van der Waals surface area contributed by atoms with Crippen LogP contribution in [0.25, 0.3) is 10.8 Å². The molecule has 2 aromatic heterocycles. The van der Waals surface area contributed by atoms with Crippen LogP contribution in [0, 0.1) is 11.3 Å². The molecular formula is C18H23N6Si. The van der Waals surface area contributed by atoms with Crippen LogP contribution >= 0.6 is 0 Å². The minimum Gasteiger partial charge on any atom is -0.396 e. The molecule has 0 spiro atoms. The predicted octanol–water partition coefficient (Wildman–Crippen LogP) is 2.99. The molecule has 25 heavy (non-hydrogen) atoms. The molecule has 7 heteroatoms. The Morgan fingerprint density at radius 1 is 1.24 bits per heavy atom. The van der Waals surface area contributed by atoms with Gasteiger partial charge in [-0.1, -0.05) is 12.8 Å². The summed E-state index contributed by atoms with van der Waals surface area (Å²) in [5.41, 5.74) is 6.47. The van der Waals surface area contributed by atoms with E-state index in [1.54, 1.807) is 0 Å². The van der Waals surface area contributed by atoms with Crippen LogP contribution in [0.4, 0.5) is 11.6 Å². The second kappa shape index (κ2) is 6.98. The van der Waals surface area contributed by atoms with E-state index in [0.29, 0.717) is 17.8 Å². The molecule has 0 bridgehead atoms. The van der Waals surface area contributed by atoms with Crippen LogP contribution in [0.3, 0.4) is 0 Å². The van der Waals surface area contributed by atoms with Crippen molar-refractivity contribution >= 4 is 31.4 Å². The minimum atomic E-state index is -0.659. The third-order valence-corrected chi connectivity index (χ3v) is 7.67. The van der Waals surface area contributed by atoms with Crippen molar-refractivity contribution in [3.63, 3.8) is 0 Å². The zero-order valence-corrected chi connectivity index (χ0v) is 15.3. The Morgan fingerprint density at radius 3 is 2.80 bits per heavy atom. The third kappa shape index (κ3) is 3.60. The highest BCUT2D eigenvalue weighted by Crippen LogP contribution is 2.29. The normalized spacial score (nSPS) is 21.5. The van der Waals surface area contributed by atoms with Gasteiger partial charge in [-0.25, -0.2) is 9.97 Å². The molecular weight excluding hydrogens is 328 g/mol. The molecule has 6 nitrogen and oxygen atoms in total. The average Bonchev–Trinajstić information content (AvgIpc) is 3.27. The summed E-state index contributed by atoms with van der Waals surface area (Å²) >= 11 is 0. The Hall–Kier alpha value is -2.17. The topological polar surface area (TPSA) is 99.7 Å². The highest BCUT2D eigenvalue weighted by atomic mass is 28.3. The second-order valence-electron chi connectivity index (χ2n) is 7.12. The summed E-state index contributed by atoms with van der Waals surface area (Å²) in [6.07, 6.45) is 7.80. The molecule has 1 aliphatic heterocycles. The minimum absolute atomic E-state index is 0.335. The number of nitriles is 1. The molecule has 4 rings (SSSR count). The molecule has 2 fully saturated rings. The molecule has 1 saturated heterocycles. The highest BCUT2D eigenvalue weighted by Gasteiger charge is 2.25. The molecule has 1 aliphatic carbocycles. The lowest BCUT2D eigenvalue weighted by atomic mass is 10.1. The number of pyridine rings is 2. The third-order valence-electron chi connectivity index (χ3n) is 5.16. The number of nitrogens with two attached hydrogens (primary N) is 1. The first-order valence-electron chi connectivity index (χ1n) is 9.06. The van der Waals surface area contributed by atoms with Gasteiger partial charge in [0.2, 0.25) is 0 Å². The van der Waals surface area contributed by atoms with E-state index in [1.165, 1.54) is 31.7 Å². The molecule has 3 heterocycles. The van der Waals surface area contributed by atoms with E-state index in [0.717, 1.165) is 34.9 Å². The zero-order chi connectivity index (χ0) is 17.2. The van der Waals surface area contributed by atoms with Crippen molar-refractivity contribution in [3.05, 3.63) is 24.0 Å². The number of aromatic nitrogens is 2. The van der Waals surface area contributed by atoms with E-state index in [2.05, 4.69) is 32.4 Å². The first-order chi connectivity index (χ1) is 12.2. The first kappa shape index (κ1) is 16.3. The molecule has 0 amide bonds. The number of rotatable bonds is 4. The van der Waals surface area contributed by atoms with Crippen molar-refractivity contribution in [2.45, 2.75) is 56.3 Å². The van der Waals surface area contributed by atoms with E-state index in [9.17, 15) is 5.26 Å². The second-order valence-corrected chi connectivity index (χ2v) is 9.48. The van der Waals surface area contributed by atoms with Crippen molar-refractivity contribution in [1.82, 2.24) is 9.97 Å². The number of fused-ring (bicyclic) bond motifs is 1. The Balaban J connectivity index is 1.65. The fourth-order valence-electron chi connectivity index (χ4n) is 3.82. The Bertz CT molecular complexity index is 811. The van der Waals surface area contributed by atoms with E-state index in [1.807, 2.05) is 12.3 Å². The summed E-state index contributed by atoms with van der Waals surface area (Å²) in [4.78, 5) is 12.7. The van der Waals surface area contributed by atoms with Gasteiger partial charge in [-0.15, -0.1) is 0 Å². The van der Waals surface area contributed by atoms with Crippen molar-refractivity contribution in [2.75, 3.05) is 10.3 Å². The highest BCUT2D eigenvalue weighted by molar-refractivity contribution is 6.63. The molecule has 0 aromatic carbocycles. The van der Waals surface area contributed by atoms with Gasteiger partial charge in [0.25, 0.3) is 0 Å². The van der Waals surface area contributed by atoms with E-state index in [-0.39, 0.29) is 0 Å². The zero-order valence-electron chi connectivity index (χ0n) is 14.3. The lowest BCUT2D eigenvalue weighted by Crippen LogP contribution is -2.24. The van der Waals surface area contributed by atoms with Gasteiger partial charge < -0.3 is 16.0 Å². The molecule has 2 aliphatic rings. The first-order valence-corrected chi connectivity index (χ1v) is 11.0. The molecule has 2 aromatic rings. The van der Waals surface area contributed by atoms with E-state index in [4.69, 9.17) is 5.73 Å². The Labute approximate surface area is 149 Å². The van der Waals surface area contributed by atoms with Crippen molar-refractivity contribution < 1.29 is 0 Å². The molecule has 4 N–H and O–H groups in total. The van der Waals surface area contributed by atoms with Crippen LogP contribution in [-0.4, -0.2) is 31.0 Å². The van der Waals surface area contributed by atoms with Crippen molar-refractivity contribution in [3.8, 4) is 6.07 Å². The van der Waals surface area contributed by atoms with Crippen molar-refractivity contribution in [1.29, 1.82) is 5.26 Å². The summed E-state index contributed by atoms with van der Waals surface area (Å²) in [5.74, 6) is 1.71. The van der Waals surface area contributed by atoms with Gasteiger partial charge in [-0.3, -0.25) is 0 Å². The van der Waals surface area contributed by atoms with Crippen LogP contribution in [0.1, 0.15) is 37.8 Å². The van der Waals surface area contributed by atoms with Gasteiger partial charge in [0.15, 0.2) is 8.96 Å². The summed E-state index contributed by atoms with van der Waals surface area (Å²) in [7, 11) is -0.659. The smallest absolute Gasteiger partial charge is 0.169 e. The van der Waals surface area contributed by atoms with Gasteiger partial charge in [-0.05, 0) is 43.5 Å². The monoisotopic (exact) mass is 351 g/mol. The number of anilines is 2. The average molecular weight is 352 g/mol. The van der Waals surface area contributed by atoms with Gasteiger partial charge in [0.1, 0.15) is 23.4 Å². The van der Waals surface area contributed by atoms with Crippen LogP contribution in [0.2, 0.25) is 12.1 Å². The maximum absolute atomic E-state index is 9.27. The number of hydrogen-bond acceptors (Lipinski definition) is 6. The molecule has 129 valence electrons. The maximum atomic E-state index is 9.27. The lowest BCUT2D eigenvalue weighted by Gasteiger charge is -2.16. The molecule has 1 radical (unpaired) electrons. The number of nitrogens with zero attached hydrogens (tertiary/aromatic N) is 3. The van der Waals surface area contributed by atoms with Crippen molar-refractivity contribution in [2.24, 2.45) is 5.73 Å². The van der Waals surface area contributed by atoms with Crippen LogP contribution in [0.5, 0.6) is 0 Å². The van der Waals surface area contributed by atoms with Gasteiger partial charge >= 0.3 is 0 Å². The van der Waals surface area contributed by atoms with E-state index >= 15 is 0 Å². The predicted molar refractivity (Wildman–Crippen MR) is 102 cm³/mol. The maximum Gasteiger partial charge on any atom is 0.169 e. The van der Waals surface area contributed by atoms with Crippen LogP contribution in [0.15, 0.2) is 18.3 Å². The fourth-order valence-corrected chi connectivity index (χ4v) is 6.31. The summed E-state index contributed by atoms with van der Waals surface area (Å²) in [6.45, 7) is 0. The van der Waals surface area contributed by atoms with E-state index < -0.39 is 8.96 Å². The number of nitrogens with one attached hydrogen (secondary N) is 2. The van der Waals surface area contributed by atoms with Crippen LogP contribution < -0.4 is 16.0 Å². The largest absolute Gasteiger partial charge is 0.396 e. The Morgan fingerprint density at radius 2 is 2.08 bits per heavy atom. The Kier molecular flexibility index (Phi) is 4.55. The number of hydrogen-bond donors (Lipinski definition) is 3.